The summed E-state index contributed by atoms with van der Waals surface area (Å²) in [5.41, 5.74) is 7.11. The molecule has 19 heavy (non-hydrogen) atoms. The lowest BCUT2D eigenvalue weighted by molar-refractivity contribution is -0.123. The molecule has 0 unspecified atom stereocenters. The van der Waals surface area contributed by atoms with Gasteiger partial charge in [-0.2, -0.15) is 0 Å². The summed E-state index contributed by atoms with van der Waals surface area (Å²) in [6.07, 6.45) is 2.58. The average molecular weight is 285 g/mol. The number of nitrogens with two attached hydrogens (primary N) is 1. The first kappa shape index (κ1) is 15.8. The quantitative estimate of drug-likeness (QED) is 0.893. The van der Waals surface area contributed by atoms with E-state index in [-0.39, 0.29) is 18.3 Å². The Bertz CT molecular complexity index is 459. The van der Waals surface area contributed by atoms with E-state index in [2.05, 4.69) is 5.32 Å². The van der Waals surface area contributed by atoms with Crippen molar-refractivity contribution in [3.05, 3.63) is 23.8 Å². The highest BCUT2D eigenvalue weighted by Crippen LogP contribution is 2.31. The van der Waals surface area contributed by atoms with E-state index in [1.807, 2.05) is 32.0 Å². The van der Waals surface area contributed by atoms with Crippen LogP contribution in [-0.4, -0.2) is 18.1 Å². The number of halogens is 1. The van der Waals surface area contributed by atoms with E-state index in [1.54, 1.807) is 0 Å². The Labute approximate surface area is 120 Å². The van der Waals surface area contributed by atoms with Gasteiger partial charge >= 0.3 is 0 Å². The minimum atomic E-state index is -0.662. The molecule has 1 aromatic rings. The van der Waals surface area contributed by atoms with Crippen LogP contribution in [0.25, 0.3) is 0 Å². The fraction of sp³-hybridized carbons (Fsp3) is 0.500. The zero-order valence-electron chi connectivity index (χ0n) is 11.4. The second-order valence-corrected chi connectivity index (χ2v) is 4.87. The molecule has 1 aromatic carbocycles. The number of benzene rings is 1. The first-order valence-corrected chi connectivity index (χ1v) is 6.39. The normalized spacial score (nSPS) is 15.9. The molecule has 5 heteroatoms. The fourth-order valence-corrected chi connectivity index (χ4v) is 2.06. The zero-order valence-corrected chi connectivity index (χ0v) is 12.2. The summed E-state index contributed by atoms with van der Waals surface area (Å²) in [6.45, 7) is 4.53. The molecule has 1 aliphatic rings. The van der Waals surface area contributed by atoms with Crippen LogP contribution in [0, 0.1) is 6.92 Å². The van der Waals surface area contributed by atoms with Gasteiger partial charge in [0, 0.05) is 5.69 Å². The van der Waals surface area contributed by atoms with Crippen LogP contribution in [0.1, 0.15) is 31.7 Å². The number of nitrogens with one attached hydrogen (secondary N) is 1. The van der Waals surface area contributed by atoms with Crippen molar-refractivity contribution in [2.45, 2.75) is 38.6 Å². The lowest BCUT2D eigenvalue weighted by Crippen LogP contribution is -2.56. The molecule has 0 radical (unpaired) electrons. The monoisotopic (exact) mass is 284 g/mol. The zero-order chi connectivity index (χ0) is 13.2. The molecule has 1 fully saturated rings. The molecule has 0 saturated heterocycles. The van der Waals surface area contributed by atoms with Crippen molar-refractivity contribution < 1.29 is 9.53 Å². The number of hydrogen-bond acceptors (Lipinski definition) is 3. The third-order valence-corrected chi connectivity index (χ3v) is 3.46. The average Bonchev–Trinajstić information content (AvgIpc) is 2.30. The fourth-order valence-electron chi connectivity index (χ4n) is 2.06. The van der Waals surface area contributed by atoms with Gasteiger partial charge in [-0.15, -0.1) is 12.4 Å². The number of carbonyl (C=O) groups excluding carboxylic acids is 1. The van der Waals surface area contributed by atoms with Crippen LogP contribution in [0.3, 0.4) is 0 Å². The molecule has 1 saturated carbocycles. The van der Waals surface area contributed by atoms with E-state index >= 15 is 0 Å². The van der Waals surface area contributed by atoms with Gasteiger partial charge in [0.25, 0.3) is 0 Å². The SMILES string of the molecule is CCOc1ccc(NC(=O)C2(N)CCC2)c(C)c1.Cl. The summed E-state index contributed by atoms with van der Waals surface area (Å²) in [6, 6.07) is 5.64. The maximum Gasteiger partial charge on any atom is 0.244 e. The second-order valence-electron chi connectivity index (χ2n) is 4.87. The summed E-state index contributed by atoms with van der Waals surface area (Å²) in [5.74, 6) is 0.736. The van der Waals surface area contributed by atoms with Crippen LogP contribution in [0.5, 0.6) is 5.75 Å². The Kier molecular flexibility index (Phi) is 5.20. The number of anilines is 1. The van der Waals surface area contributed by atoms with E-state index in [0.717, 1.165) is 36.3 Å². The smallest absolute Gasteiger partial charge is 0.244 e. The summed E-state index contributed by atoms with van der Waals surface area (Å²) in [7, 11) is 0. The third-order valence-electron chi connectivity index (χ3n) is 3.46. The van der Waals surface area contributed by atoms with Gasteiger partial charge in [-0.05, 0) is 56.9 Å². The molecular weight excluding hydrogens is 264 g/mol. The summed E-state index contributed by atoms with van der Waals surface area (Å²) >= 11 is 0. The van der Waals surface area contributed by atoms with E-state index in [1.165, 1.54) is 0 Å². The van der Waals surface area contributed by atoms with Gasteiger partial charge in [0.15, 0.2) is 0 Å². The van der Waals surface area contributed by atoms with Crippen molar-refractivity contribution in [2.24, 2.45) is 5.73 Å². The maximum atomic E-state index is 12.0. The number of rotatable bonds is 4. The number of hydrogen-bond donors (Lipinski definition) is 2. The van der Waals surface area contributed by atoms with Crippen molar-refractivity contribution in [3.8, 4) is 5.75 Å². The second kappa shape index (κ2) is 6.26. The van der Waals surface area contributed by atoms with Crippen molar-refractivity contribution in [2.75, 3.05) is 11.9 Å². The molecule has 0 heterocycles. The number of ether oxygens (including phenoxy) is 1. The van der Waals surface area contributed by atoms with Crippen LogP contribution < -0.4 is 15.8 Å². The number of aryl methyl sites for hydroxylation is 1. The Morgan fingerprint density at radius 3 is 2.63 bits per heavy atom. The molecule has 106 valence electrons. The first-order valence-electron chi connectivity index (χ1n) is 6.39. The molecule has 0 atom stereocenters. The Hall–Kier alpha value is -1.26. The molecular formula is C14H21ClN2O2. The summed E-state index contributed by atoms with van der Waals surface area (Å²) in [5, 5.41) is 2.90. The van der Waals surface area contributed by atoms with Gasteiger partial charge in [-0.25, -0.2) is 0 Å². The number of amides is 1. The van der Waals surface area contributed by atoms with Crippen molar-refractivity contribution in [3.63, 3.8) is 0 Å². The van der Waals surface area contributed by atoms with Crippen molar-refractivity contribution in [1.29, 1.82) is 0 Å². The molecule has 1 amide bonds. The first-order chi connectivity index (χ1) is 8.55. The Morgan fingerprint density at radius 1 is 1.47 bits per heavy atom. The Balaban J connectivity index is 0.00000180. The molecule has 4 nitrogen and oxygen atoms in total. The van der Waals surface area contributed by atoms with Gasteiger partial charge < -0.3 is 15.8 Å². The van der Waals surface area contributed by atoms with Gasteiger partial charge in [0.2, 0.25) is 5.91 Å². The van der Waals surface area contributed by atoms with E-state index in [9.17, 15) is 4.79 Å². The molecule has 1 aliphatic carbocycles. The lowest BCUT2D eigenvalue weighted by Gasteiger charge is -2.36. The Morgan fingerprint density at radius 2 is 2.16 bits per heavy atom. The highest BCUT2D eigenvalue weighted by molar-refractivity contribution is 5.99. The predicted molar refractivity (Wildman–Crippen MR) is 79.0 cm³/mol. The molecule has 2 rings (SSSR count). The third kappa shape index (κ3) is 3.39. The summed E-state index contributed by atoms with van der Waals surface area (Å²) in [4.78, 5) is 12.0. The minimum absolute atomic E-state index is 0. The molecule has 0 aromatic heterocycles. The van der Waals surface area contributed by atoms with E-state index in [0.29, 0.717) is 6.61 Å². The minimum Gasteiger partial charge on any atom is -0.494 e. The van der Waals surface area contributed by atoms with Crippen LogP contribution >= 0.6 is 12.4 Å². The van der Waals surface area contributed by atoms with Crippen LogP contribution in [0.15, 0.2) is 18.2 Å². The van der Waals surface area contributed by atoms with E-state index < -0.39 is 5.54 Å². The topological polar surface area (TPSA) is 64.3 Å². The summed E-state index contributed by atoms with van der Waals surface area (Å²) < 4.78 is 5.41. The predicted octanol–water partition coefficient (Wildman–Crippen LogP) is 2.64. The van der Waals surface area contributed by atoms with Crippen molar-refractivity contribution >= 4 is 24.0 Å². The van der Waals surface area contributed by atoms with Gasteiger partial charge in [0.05, 0.1) is 12.1 Å². The number of carbonyl (C=O) groups is 1. The lowest BCUT2D eigenvalue weighted by atomic mass is 9.77. The van der Waals surface area contributed by atoms with Crippen molar-refractivity contribution in [1.82, 2.24) is 0 Å². The van der Waals surface area contributed by atoms with Crippen LogP contribution in [-0.2, 0) is 4.79 Å². The molecule has 0 bridgehead atoms. The maximum absolute atomic E-state index is 12.0. The molecule has 3 N–H and O–H groups in total. The highest BCUT2D eigenvalue weighted by Gasteiger charge is 2.40. The molecule has 0 spiro atoms. The van der Waals surface area contributed by atoms with Gasteiger partial charge in [-0.1, -0.05) is 0 Å². The van der Waals surface area contributed by atoms with Crippen LogP contribution in [0.2, 0.25) is 0 Å². The standard InChI is InChI=1S/C14H20N2O2.ClH/c1-3-18-11-5-6-12(10(2)9-11)16-13(17)14(15)7-4-8-14;/h5-6,9H,3-4,7-8,15H2,1-2H3,(H,16,17);1H. The van der Waals surface area contributed by atoms with Crippen LogP contribution in [0.4, 0.5) is 5.69 Å². The highest BCUT2D eigenvalue weighted by atomic mass is 35.5. The largest absolute Gasteiger partial charge is 0.494 e. The van der Waals surface area contributed by atoms with E-state index in [4.69, 9.17) is 10.5 Å². The van der Waals surface area contributed by atoms with Gasteiger partial charge in [-0.3, -0.25) is 4.79 Å². The molecule has 0 aliphatic heterocycles. The van der Waals surface area contributed by atoms with Gasteiger partial charge in [0.1, 0.15) is 5.75 Å².